The molecule has 1 aliphatic rings. The molecule has 0 aliphatic carbocycles. The lowest BCUT2D eigenvalue weighted by atomic mass is 10.00. The van der Waals surface area contributed by atoms with Crippen LogP contribution in [0.5, 0.6) is 11.5 Å². The average Bonchev–Trinajstić information content (AvgIpc) is 3.29. The van der Waals surface area contributed by atoms with Crippen molar-refractivity contribution in [3.8, 4) is 22.9 Å². The highest BCUT2D eigenvalue weighted by atomic mass is 35.5. The number of halogens is 1. The largest absolute Gasteiger partial charge is 0.497 e. The van der Waals surface area contributed by atoms with Crippen molar-refractivity contribution in [2.45, 2.75) is 23.7 Å². The maximum Gasteiger partial charge on any atom is 0.243 e. The van der Waals surface area contributed by atoms with Gasteiger partial charge in [0.05, 0.1) is 30.6 Å². The van der Waals surface area contributed by atoms with Gasteiger partial charge < -0.3 is 14.0 Å². The summed E-state index contributed by atoms with van der Waals surface area (Å²) in [6.07, 6.45) is 1.45. The van der Waals surface area contributed by atoms with Gasteiger partial charge in [0.25, 0.3) is 0 Å². The van der Waals surface area contributed by atoms with E-state index in [4.69, 9.17) is 25.6 Å². The third kappa shape index (κ3) is 4.39. The zero-order valence-electron chi connectivity index (χ0n) is 17.1. The molecule has 31 heavy (non-hydrogen) atoms. The van der Waals surface area contributed by atoms with Crippen molar-refractivity contribution < 1.29 is 22.4 Å². The van der Waals surface area contributed by atoms with E-state index >= 15 is 0 Å². The van der Waals surface area contributed by atoms with Gasteiger partial charge in [0.1, 0.15) is 11.5 Å². The Bertz CT molecular complexity index is 1160. The van der Waals surface area contributed by atoms with Crippen LogP contribution in [0.15, 0.2) is 51.9 Å². The lowest BCUT2D eigenvalue weighted by Crippen LogP contribution is -2.39. The van der Waals surface area contributed by atoms with Crippen molar-refractivity contribution >= 4 is 21.6 Å². The number of methoxy groups -OCH3 is 2. The molecule has 0 N–H and O–H groups in total. The molecular formula is C21H22ClN3O5S. The highest BCUT2D eigenvalue weighted by Gasteiger charge is 2.33. The predicted octanol–water partition coefficient (Wildman–Crippen LogP) is 3.98. The standard InChI is InChI=1S/C21H22ClN3O5S/c1-28-16-7-10-18(19(12-16)29-2)20-23-21(30-24-20)14-4-3-11-25(13-14)31(26,27)17-8-5-15(22)6-9-17/h5-10,12,14H,3-4,11,13H2,1-2H3/t14-/m0/s1. The van der Waals surface area contributed by atoms with E-state index in [2.05, 4.69) is 10.1 Å². The Kier molecular flexibility index (Phi) is 6.17. The SMILES string of the molecule is COc1ccc(-c2noc([C@H]3CCCN(S(=O)(=O)c4ccc(Cl)cc4)C3)n2)c(OC)c1. The van der Waals surface area contributed by atoms with E-state index in [0.717, 1.165) is 6.42 Å². The Hall–Kier alpha value is -2.62. The molecule has 8 nitrogen and oxygen atoms in total. The topological polar surface area (TPSA) is 94.8 Å². The van der Waals surface area contributed by atoms with Crippen LogP contribution in [0.3, 0.4) is 0 Å². The first-order valence-electron chi connectivity index (χ1n) is 9.74. The van der Waals surface area contributed by atoms with E-state index in [9.17, 15) is 8.42 Å². The molecule has 164 valence electrons. The van der Waals surface area contributed by atoms with Crippen molar-refractivity contribution in [3.63, 3.8) is 0 Å². The van der Waals surface area contributed by atoms with Crippen LogP contribution in [0, 0.1) is 0 Å². The van der Waals surface area contributed by atoms with Gasteiger partial charge in [-0.15, -0.1) is 0 Å². The van der Waals surface area contributed by atoms with Gasteiger partial charge in [-0.1, -0.05) is 16.8 Å². The molecular weight excluding hydrogens is 442 g/mol. The van der Waals surface area contributed by atoms with Crippen LogP contribution in [0.25, 0.3) is 11.4 Å². The Balaban J connectivity index is 1.56. The molecule has 0 spiro atoms. The van der Waals surface area contributed by atoms with E-state index in [1.807, 2.05) is 0 Å². The van der Waals surface area contributed by atoms with E-state index in [-0.39, 0.29) is 17.4 Å². The summed E-state index contributed by atoms with van der Waals surface area (Å²) < 4.78 is 43.7. The predicted molar refractivity (Wildman–Crippen MR) is 115 cm³/mol. The minimum absolute atomic E-state index is 0.193. The van der Waals surface area contributed by atoms with Gasteiger partial charge in [-0.05, 0) is 49.2 Å². The van der Waals surface area contributed by atoms with E-state index in [0.29, 0.717) is 46.8 Å². The molecule has 0 unspecified atom stereocenters. The maximum absolute atomic E-state index is 13.0. The van der Waals surface area contributed by atoms with Crippen molar-refractivity contribution in [3.05, 3.63) is 53.4 Å². The first kappa shape index (κ1) is 21.6. The second-order valence-electron chi connectivity index (χ2n) is 7.18. The van der Waals surface area contributed by atoms with Crippen LogP contribution >= 0.6 is 11.6 Å². The molecule has 2 heterocycles. The summed E-state index contributed by atoms with van der Waals surface area (Å²) in [5, 5.41) is 4.58. The number of sulfonamides is 1. The van der Waals surface area contributed by atoms with E-state index < -0.39 is 10.0 Å². The summed E-state index contributed by atoms with van der Waals surface area (Å²) in [5.41, 5.74) is 0.666. The average molecular weight is 464 g/mol. The summed E-state index contributed by atoms with van der Waals surface area (Å²) in [4.78, 5) is 4.75. The van der Waals surface area contributed by atoms with Crippen LogP contribution in [0.1, 0.15) is 24.7 Å². The van der Waals surface area contributed by atoms with Gasteiger partial charge in [-0.25, -0.2) is 8.42 Å². The molecule has 0 amide bonds. The number of rotatable bonds is 6. The third-order valence-electron chi connectivity index (χ3n) is 5.28. The van der Waals surface area contributed by atoms with Crippen molar-refractivity contribution in [2.75, 3.05) is 27.3 Å². The number of ether oxygens (including phenoxy) is 2. The van der Waals surface area contributed by atoms with Gasteiger partial charge in [0.15, 0.2) is 0 Å². The van der Waals surface area contributed by atoms with Gasteiger partial charge in [-0.2, -0.15) is 9.29 Å². The zero-order chi connectivity index (χ0) is 22.0. The lowest BCUT2D eigenvalue weighted by molar-refractivity contribution is 0.265. The zero-order valence-corrected chi connectivity index (χ0v) is 18.7. The number of aromatic nitrogens is 2. The second kappa shape index (κ2) is 8.86. The van der Waals surface area contributed by atoms with Crippen LogP contribution in [0.4, 0.5) is 0 Å². The summed E-state index contributed by atoms with van der Waals surface area (Å²) in [6, 6.07) is 11.5. The monoisotopic (exact) mass is 463 g/mol. The summed E-state index contributed by atoms with van der Waals surface area (Å²) >= 11 is 5.89. The molecule has 0 saturated carbocycles. The molecule has 0 bridgehead atoms. The second-order valence-corrected chi connectivity index (χ2v) is 9.55. The van der Waals surface area contributed by atoms with Gasteiger partial charge in [0, 0.05) is 24.2 Å². The lowest BCUT2D eigenvalue weighted by Gasteiger charge is -2.30. The van der Waals surface area contributed by atoms with Crippen LogP contribution < -0.4 is 9.47 Å². The van der Waals surface area contributed by atoms with Gasteiger partial charge >= 0.3 is 0 Å². The van der Waals surface area contributed by atoms with Crippen LogP contribution in [0.2, 0.25) is 5.02 Å². The molecule has 1 aromatic heterocycles. The smallest absolute Gasteiger partial charge is 0.243 e. The fraction of sp³-hybridized carbons (Fsp3) is 0.333. The van der Waals surface area contributed by atoms with E-state index in [1.54, 1.807) is 44.6 Å². The Morgan fingerprint density at radius 3 is 2.61 bits per heavy atom. The summed E-state index contributed by atoms with van der Waals surface area (Å²) in [6.45, 7) is 0.709. The maximum atomic E-state index is 13.0. The van der Waals surface area contributed by atoms with Crippen LogP contribution in [-0.4, -0.2) is 50.2 Å². The Labute approximate surface area is 185 Å². The molecule has 1 atom stereocenters. The fourth-order valence-corrected chi connectivity index (χ4v) is 5.26. The Morgan fingerprint density at radius 2 is 1.90 bits per heavy atom. The summed E-state index contributed by atoms with van der Waals surface area (Å²) in [7, 11) is -0.500. The first-order valence-corrected chi connectivity index (χ1v) is 11.6. The molecule has 1 saturated heterocycles. The molecule has 1 aliphatic heterocycles. The van der Waals surface area contributed by atoms with E-state index in [1.165, 1.54) is 16.4 Å². The van der Waals surface area contributed by atoms with Gasteiger partial charge in [-0.3, -0.25) is 0 Å². The first-order chi connectivity index (χ1) is 14.9. The van der Waals surface area contributed by atoms with Gasteiger partial charge in [0.2, 0.25) is 21.7 Å². The molecule has 0 radical (unpaired) electrons. The molecule has 10 heteroatoms. The third-order valence-corrected chi connectivity index (χ3v) is 7.41. The molecule has 3 aromatic rings. The van der Waals surface area contributed by atoms with Crippen molar-refractivity contribution in [1.29, 1.82) is 0 Å². The highest BCUT2D eigenvalue weighted by Crippen LogP contribution is 2.34. The normalized spacial score (nSPS) is 17.5. The molecule has 2 aromatic carbocycles. The Morgan fingerprint density at radius 1 is 1.13 bits per heavy atom. The number of hydrogen-bond donors (Lipinski definition) is 0. The number of hydrogen-bond acceptors (Lipinski definition) is 7. The highest BCUT2D eigenvalue weighted by molar-refractivity contribution is 7.89. The molecule has 4 rings (SSSR count). The van der Waals surface area contributed by atoms with Crippen molar-refractivity contribution in [1.82, 2.24) is 14.4 Å². The number of nitrogens with zero attached hydrogens (tertiary/aromatic N) is 3. The van der Waals surface area contributed by atoms with Crippen molar-refractivity contribution in [2.24, 2.45) is 0 Å². The number of piperidine rings is 1. The number of benzene rings is 2. The molecule has 1 fully saturated rings. The minimum Gasteiger partial charge on any atom is -0.497 e. The fourth-order valence-electron chi connectivity index (χ4n) is 3.61. The van der Waals surface area contributed by atoms with Crippen LogP contribution in [-0.2, 0) is 10.0 Å². The minimum atomic E-state index is -3.63. The summed E-state index contributed by atoms with van der Waals surface area (Å²) in [5.74, 6) is 1.80. The quantitative estimate of drug-likeness (QED) is 0.545.